The van der Waals surface area contributed by atoms with Crippen molar-refractivity contribution in [2.24, 2.45) is 0 Å². The summed E-state index contributed by atoms with van der Waals surface area (Å²) in [6.07, 6.45) is 4.44. The number of nitrogens with zero attached hydrogens (tertiary/aromatic N) is 3. The molecule has 0 aliphatic carbocycles. The van der Waals surface area contributed by atoms with Crippen molar-refractivity contribution in [2.75, 3.05) is 37.3 Å². The number of aromatic nitrogens is 2. The van der Waals surface area contributed by atoms with Crippen molar-refractivity contribution >= 4 is 11.8 Å². The molecular weight excluding hydrogens is 230 g/mol. The van der Waals surface area contributed by atoms with Gasteiger partial charge in [-0.05, 0) is 25.5 Å². The Balaban J connectivity index is 1.51. The van der Waals surface area contributed by atoms with Crippen LogP contribution < -0.4 is 11.1 Å². The van der Waals surface area contributed by atoms with Gasteiger partial charge in [-0.15, -0.1) is 0 Å². The molecule has 2 aliphatic rings. The van der Waals surface area contributed by atoms with Gasteiger partial charge in [-0.2, -0.15) is 4.98 Å². The number of hydrogen-bond donors (Lipinski definition) is 2. The highest BCUT2D eigenvalue weighted by Crippen LogP contribution is 2.22. The van der Waals surface area contributed by atoms with Gasteiger partial charge in [-0.25, -0.2) is 4.98 Å². The van der Waals surface area contributed by atoms with E-state index < -0.39 is 0 Å². The zero-order valence-corrected chi connectivity index (χ0v) is 10.4. The molecule has 0 amide bonds. The van der Waals surface area contributed by atoms with Gasteiger partial charge in [0.15, 0.2) is 0 Å². The molecule has 2 fully saturated rings. The summed E-state index contributed by atoms with van der Waals surface area (Å²) >= 11 is 0. The maximum absolute atomic E-state index is 5.85. The zero-order valence-electron chi connectivity index (χ0n) is 10.4. The van der Waals surface area contributed by atoms with Crippen molar-refractivity contribution in [3.8, 4) is 0 Å². The Morgan fingerprint density at radius 2 is 2.50 bits per heavy atom. The fourth-order valence-corrected chi connectivity index (χ4v) is 2.67. The monoisotopic (exact) mass is 249 g/mol. The molecule has 3 heterocycles. The van der Waals surface area contributed by atoms with Gasteiger partial charge >= 0.3 is 0 Å². The van der Waals surface area contributed by atoms with Crippen molar-refractivity contribution in [3.05, 3.63) is 12.3 Å². The van der Waals surface area contributed by atoms with Crippen molar-refractivity contribution in [3.63, 3.8) is 0 Å². The van der Waals surface area contributed by atoms with Crippen molar-refractivity contribution < 1.29 is 4.74 Å². The highest BCUT2D eigenvalue weighted by molar-refractivity contribution is 5.34. The van der Waals surface area contributed by atoms with Crippen molar-refractivity contribution in [1.82, 2.24) is 14.9 Å². The maximum atomic E-state index is 5.85. The minimum absolute atomic E-state index is 0.212. The molecule has 0 radical (unpaired) electrons. The van der Waals surface area contributed by atoms with E-state index in [4.69, 9.17) is 10.5 Å². The van der Waals surface area contributed by atoms with Crippen LogP contribution in [0.1, 0.15) is 12.8 Å². The van der Waals surface area contributed by atoms with Gasteiger partial charge in [-0.3, -0.25) is 4.90 Å². The third-order valence-electron chi connectivity index (χ3n) is 3.63. The van der Waals surface area contributed by atoms with Crippen LogP contribution in [-0.2, 0) is 4.74 Å². The Morgan fingerprint density at radius 3 is 3.39 bits per heavy atom. The van der Waals surface area contributed by atoms with Crippen molar-refractivity contribution in [1.29, 1.82) is 0 Å². The van der Waals surface area contributed by atoms with Gasteiger partial charge in [0.1, 0.15) is 5.82 Å². The quantitative estimate of drug-likeness (QED) is 0.804. The fraction of sp³-hybridized carbons (Fsp3) is 0.667. The van der Waals surface area contributed by atoms with Crippen LogP contribution in [0.25, 0.3) is 0 Å². The van der Waals surface area contributed by atoms with Crippen LogP contribution in [0.4, 0.5) is 11.8 Å². The highest BCUT2D eigenvalue weighted by atomic mass is 16.5. The molecule has 3 N–H and O–H groups in total. The molecule has 6 heteroatoms. The summed E-state index contributed by atoms with van der Waals surface area (Å²) < 4.78 is 5.85. The number of ether oxygens (including phenoxy) is 1. The first-order chi connectivity index (χ1) is 8.81. The molecule has 6 nitrogen and oxygen atoms in total. The minimum atomic E-state index is 0.212. The van der Waals surface area contributed by atoms with E-state index in [9.17, 15) is 0 Å². The summed E-state index contributed by atoms with van der Waals surface area (Å²) in [6.45, 7) is 3.79. The van der Waals surface area contributed by atoms with E-state index in [-0.39, 0.29) is 6.10 Å². The Labute approximate surface area is 107 Å². The van der Waals surface area contributed by atoms with E-state index in [1.165, 1.54) is 19.4 Å². The van der Waals surface area contributed by atoms with E-state index in [1.54, 1.807) is 12.3 Å². The summed E-state index contributed by atoms with van der Waals surface area (Å²) in [5, 5.41) is 3.18. The molecule has 18 heavy (non-hydrogen) atoms. The predicted octanol–water partition coefficient (Wildman–Crippen LogP) is 0.334. The van der Waals surface area contributed by atoms with Gasteiger partial charge in [-0.1, -0.05) is 0 Å². The largest absolute Gasteiger partial charge is 0.384 e. The molecule has 0 saturated carbocycles. The first-order valence-electron chi connectivity index (χ1n) is 6.49. The molecule has 0 bridgehead atoms. The molecule has 2 aliphatic heterocycles. The summed E-state index contributed by atoms with van der Waals surface area (Å²) in [4.78, 5) is 10.8. The smallest absolute Gasteiger partial charge is 0.224 e. The van der Waals surface area contributed by atoms with Crippen LogP contribution in [0.2, 0.25) is 0 Å². The third kappa shape index (κ3) is 2.54. The Kier molecular flexibility index (Phi) is 3.29. The predicted molar refractivity (Wildman–Crippen MR) is 69.3 cm³/mol. The van der Waals surface area contributed by atoms with E-state index in [0.29, 0.717) is 17.8 Å². The molecule has 2 atom stereocenters. The van der Waals surface area contributed by atoms with Gasteiger partial charge in [0.2, 0.25) is 5.95 Å². The van der Waals surface area contributed by atoms with E-state index in [2.05, 4.69) is 20.2 Å². The third-order valence-corrected chi connectivity index (χ3v) is 3.63. The molecule has 98 valence electrons. The lowest BCUT2D eigenvalue weighted by Crippen LogP contribution is -2.48. The standard InChI is InChI=1S/C12H19N5O/c13-11-3-4-14-12(16-11)15-6-10-7-17-5-1-2-9(17)8-18-10/h3-4,9-10H,1-2,5-8H2,(H3,13,14,15,16). The number of morpholine rings is 1. The molecule has 3 rings (SSSR count). The van der Waals surface area contributed by atoms with Crippen LogP contribution in [0.5, 0.6) is 0 Å². The van der Waals surface area contributed by atoms with E-state index in [1.807, 2.05) is 0 Å². The highest BCUT2D eigenvalue weighted by Gasteiger charge is 2.31. The van der Waals surface area contributed by atoms with E-state index >= 15 is 0 Å². The summed E-state index contributed by atoms with van der Waals surface area (Å²) in [5.41, 5.74) is 5.61. The minimum Gasteiger partial charge on any atom is -0.384 e. The van der Waals surface area contributed by atoms with Gasteiger partial charge in [0.25, 0.3) is 0 Å². The number of nitrogens with one attached hydrogen (secondary N) is 1. The number of fused-ring (bicyclic) bond motifs is 1. The molecule has 1 aromatic rings. The van der Waals surface area contributed by atoms with Crippen LogP contribution in [-0.4, -0.2) is 53.3 Å². The van der Waals surface area contributed by atoms with Crippen LogP contribution in [0, 0.1) is 0 Å². The average Bonchev–Trinajstić information content (AvgIpc) is 2.84. The molecule has 1 aromatic heterocycles. The zero-order chi connectivity index (χ0) is 12.4. The summed E-state index contributed by atoms with van der Waals surface area (Å²) in [6, 6.07) is 2.32. The number of nitrogens with two attached hydrogens (primary N) is 1. The molecule has 2 unspecified atom stereocenters. The number of rotatable bonds is 3. The second-order valence-electron chi connectivity index (χ2n) is 4.93. The van der Waals surface area contributed by atoms with E-state index in [0.717, 1.165) is 19.7 Å². The first-order valence-corrected chi connectivity index (χ1v) is 6.49. The topological polar surface area (TPSA) is 76.3 Å². The van der Waals surface area contributed by atoms with Gasteiger partial charge in [0, 0.05) is 25.3 Å². The first kappa shape index (κ1) is 11.7. The fourth-order valence-electron chi connectivity index (χ4n) is 2.67. The average molecular weight is 249 g/mol. The Morgan fingerprint density at radius 1 is 1.56 bits per heavy atom. The second kappa shape index (κ2) is 5.07. The summed E-state index contributed by atoms with van der Waals surface area (Å²) in [5.74, 6) is 1.05. The van der Waals surface area contributed by atoms with Crippen LogP contribution in [0.15, 0.2) is 12.3 Å². The lowest BCUT2D eigenvalue weighted by molar-refractivity contribution is -0.0416. The van der Waals surface area contributed by atoms with Gasteiger partial charge in [0.05, 0.1) is 12.7 Å². The maximum Gasteiger partial charge on any atom is 0.224 e. The SMILES string of the molecule is Nc1ccnc(NCC2CN3CCCC3CO2)n1. The van der Waals surface area contributed by atoms with Crippen LogP contribution in [0.3, 0.4) is 0 Å². The molecule has 0 spiro atoms. The second-order valence-corrected chi connectivity index (χ2v) is 4.93. The Hall–Kier alpha value is -1.40. The number of nitrogen functional groups attached to an aromatic ring is 1. The summed E-state index contributed by atoms with van der Waals surface area (Å²) in [7, 11) is 0. The lowest BCUT2D eigenvalue weighted by Gasteiger charge is -2.35. The Bertz CT molecular complexity index is 413. The number of hydrogen-bond acceptors (Lipinski definition) is 6. The molecule has 2 saturated heterocycles. The van der Waals surface area contributed by atoms with Gasteiger partial charge < -0.3 is 15.8 Å². The molecular formula is C12H19N5O. The number of anilines is 2. The normalized spacial score (nSPS) is 28.0. The van der Waals surface area contributed by atoms with Crippen LogP contribution >= 0.6 is 0 Å². The lowest BCUT2D eigenvalue weighted by atomic mass is 10.2. The van der Waals surface area contributed by atoms with Crippen molar-refractivity contribution in [2.45, 2.75) is 25.0 Å². The molecule has 0 aromatic carbocycles.